The summed E-state index contributed by atoms with van der Waals surface area (Å²) in [6.45, 7) is 8.56. The molecule has 0 bridgehead atoms. The smallest absolute Gasteiger partial charge is 0.332 e. The molecule has 25 heavy (non-hydrogen) atoms. The molecule has 0 spiro atoms. The minimum absolute atomic E-state index is 0.0234. The van der Waals surface area contributed by atoms with Crippen LogP contribution in [-0.4, -0.2) is 30.9 Å². The monoisotopic (exact) mass is 342 g/mol. The van der Waals surface area contributed by atoms with Crippen LogP contribution < -0.4 is 0 Å². The van der Waals surface area contributed by atoms with Crippen LogP contribution in [0.5, 0.6) is 0 Å². The SMILES string of the molecule is C=C(C)CC(C(=O)C#Cc1ccccc1)(C(=O)OCC)C(=O)OCC. The van der Waals surface area contributed by atoms with Crippen molar-refractivity contribution in [2.24, 2.45) is 5.41 Å². The van der Waals surface area contributed by atoms with Gasteiger partial charge in [-0.15, -0.1) is 6.58 Å². The van der Waals surface area contributed by atoms with Gasteiger partial charge in [-0.25, -0.2) is 0 Å². The van der Waals surface area contributed by atoms with E-state index in [0.717, 1.165) is 0 Å². The summed E-state index contributed by atoms with van der Waals surface area (Å²) in [4.78, 5) is 37.8. The zero-order valence-electron chi connectivity index (χ0n) is 14.8. The van der Waals surface area contributed by atoms with Crippen molar-refractivity contribution in [2.45, 2.75) is 27.2 Å². The third-order valence-electron chi connectivity index (χ3n) is 3.30. The van der Waals surface area contributed by atoms with Crippen molar-refractivity contribution in [3.8, 4) is 11.8 Å². The summed E-state index contributed by atoms with van der Waals surface area (Å²) in [5.41, 5.74) is -1.09. The first-order chi connectivity index (χ1) is 11.9. The summed E-state index contributed by atoms with van der Waals surface area (Å²) < 4.78 is 9.96. The minimum atomic E-state index is -2.15. The Bertz CT molecular complexity index is 689. The van der Waals surface area contributed by atoms with E-state index in [1.54, 1.807) is 45.0 Å². The molecule has 0 radical (unpaired) electrons. The van der Waals surface area contributed by atoms with E-state index >= 15 is 0 Å². The first kappa shape index (κ1) is 20.2. The van der Waals surface area contributed by atoms with Crippen LogP contribution in [0, 0.1) is 17.3 Å². The molecule has 0 saturated carbocycles. The highest BCUT2D eigenvalue weighted by molar-refractivity contribution is 6.25. The van der Waals surface area contributed by atoms with E-state index in [2.05, 4.69) is 18.4 Å². The van der Waals surface area contributed by atoms with Crippen LogP contribution in [0.3, 0.4) is 0 Å². The third-order valence-corrected chi connectivity index (χ3v) is 3.30. The van der Waals surface area contributed by atoms with E-state index in [-0.39, 0.29) is 19.6 Å². The quantitative estimate of drug-likeness (QED) is 0.330. The van der Waals surface area contributed by atoms with Crippen LogP contribution in [0.1, 0.15) is 32.8 Å². The Morgan fingerprint density at radius 3 is 2.00 bits per heavy atom. The predicted octanol–water partition coefficient (Wildman–Crippen LogP) is 2.69. The van der Waals surface area contributed by atoms with Gasteiger partial charge in [-0.05, 0) is 38.8 Å². The number of rotatable bonds is 7. The summed E-state index contributed by atoms with van der Waals surface area (Å²) in [5.74, 6) is 2.26. The van der Waals surface area contributed by atoms with Crippen LogP contribution in [-0.2, 0) is 23.9 Å². The van der Waals surface area contributed by atoms with Gasteiger partial charge in [0.2, 0.25) is 11.2 Å². The lowest BCUT2D eigenvalue weighted by atomic mass is 9.78. The molecule has 5 nitrogen and oxygen atoms in total. The molecule has 1 aromatic rings. The molecule has 0 heterocycles. The Kier molecular flexibility index (Phi) is 7.61. The lowest BCUT2D eigenvalue weighted by molar-refractivity contribution is -0.173. The van der Waals surface area contributed by atoms with Gasteiger partial charge in [0.05, 0.1) is 13.2 Å². The summed E-state index contributed by atoms with van der Waals surface area (Å²) in [6, 6.07) is 8.79. The van der Waals surface area contributed by atoms with Crippen molar-refractivity contribution in [2.75, 3.05) is 13.2 Å². The molecule has 0 aliphatic carbocycles. The van der Waals surface area contributed by atoms with Crippen molar-refractivity contribution in [1.82, 2.24) is 0 Å². The van der Waals surface area contributed by atoms with Gasteiger partial charge in [-0.1, -0.05) is 29.7 Å². The lowest BCUT2D eigenvalue weighted by Crippen LogP contribution is -2.48. The van der Waals surface area contributed by atoms with Gasteiger partial charge in [0.25, 0.3) is 0 Å². The second-order valence-electron chi connectivity index (χ2n) is 5.43. The van der Waals surface area contributed by atoms with Gasteiger partial charge in [0, 0.05) is 12.0 Å². The van der Waals surface area contributed by atoms with E-state index < -0.39 is 23.1 Å². The molecule has 0 aliphatic rings. The minimum Gasteiger partial charge on any atom is -0.465 e. The number of hydrogen-bond acceptors (Lipinski definition) is 5. The zero-order chi connectivity index (χ0) is 18.9. The lowest BCUT2D eigenvalue weighted by Gasteiger charge is -2.26. The Balaban J connectivity index is 3.38. The average Bonchev–Trinajstić information content (AvgIpc) is 2.58. The van der Waals surface area contributed by atoms with Crippen LogP contribution in [0.25, 0.3) is 0 Å². The number of esters is 2. The molecule has 0 aliphatic heterocycles. The zero-order valence-corrected chi connectivity index (χ0v) is 14.8. The van der Waals surface area contributed by atoms with E-state index in [4.69, 9.17) is 9.47 Å². The molecule has 0 unspecified atom stereocenters. The van der Waals surface area contributed by atoms with E-state index in [1.165, 1.54) is 0 Å². The molecule has 0 amide bonds. The average molecular weight is 342 g/mol. The fraction of sp³-hybridized carbons (Fsp3) is 0.350. The third kappa shape index (κ3) is 5.05. The molecule has 0 fully saturated rings. The van der Waals surface area contributed by atoms with Crippen LogP contribution in [0.15, 0.2) is 42.5 Å². The topological polar surface area (TPSA) is 69.7 Å². The largest absolute Gasteiger partial charge is 0.465 e. The number of benzene rings is 1. The maximum Gasteiger partial charge on any atom is 0.332 e. The molecule has 1 aromatic carbocycles. The summed E-state index contributed by atoms with van der Waals surface area (Å²) in [5, 5.41) is 0. The first-order valence-corrected chi connectivity index (χ1v) is 7.98. The van der Waals surface area contributed by atoms with Crippen LogP contribution >= 0.6 is 0 Å². The van der Waals surface area contributed by atoms with Crippen LogP contribution in [0.4, 0.5) is 0 Å². The van der Waals surface area contributed by atoms with Crippen molar-refractivity contribution >= 4 is 17.7 Å². The van der Waals surface area contributed by atoms with Gasteiger partial charge in [-0.2, -0.15) is 0 Å². The Morgan fingerprint density at radius 2 is 1.56 bits per heavy atom. The van der Waals surface area contributed by atoms with Gasteiger partial charge in [0.15, 0.2) is 0 Å². The summed E-state index contributed by atoms with van der Waals surface area (Å²) >= 11 is 0. The number of carbonyl (C=O) groups is 3. The van der Waals surface area contributed by atoms with E-state index in [0.29, 0.717) is 11.1 Å². The maximum atomic E-state index is 12.8. The molecule has 1 rings (SSSR count). The fourth-order valence-corrected chi connectivity index (χ4v) is 2.21. The maximum absolute atomic E-state index is 12.8. The molecule has 0 N–H and O–H groups in total. The number of Topliss-reactive ketones (excluding diaryl/α,β-unsaturated/α-hetero) is 1. The molecule has 132 valence electrons. The van der Waals surface area contributed by atoms with Gasteiger partial charge in [-0.3, -0.25) is 14.4 Å². The highest BCUT2D eigenvalue weighted by Crippen LogP contribution is 2.31. The molecular formula is C20H22O5. The van der Waals surface area contributed by atoms with Crippen molar-refractivity contribution in [3.05, 3.63) is 48.0 Å². The Labute approximate surface area is 148 Å². The number of ether oxygens (including phenoxy) is 2. The number of allylic oxidation sites excluding steroid dienone is 1. The molecule has 5 heteroatoms. The highest BCUT2D eigenvalue weighted by Gasteiger charge is 2.55. The first-order valence-electron chi connectivity index (χ1n) is 7.98. The molecule has 0 saturated heterocycles. The fourth-order valence-electron chi connectivity index (χ4n) is 2.21. The normalized spacial score (nSPS) is 10.2. The molecular weight excluding hydrogens is 320 g/mol. The molecule has 0 atom stereocenters. The van der Waals surface area contributed by atoms with Gasteiger partial charge < -0.3 is 9.47 Å². The number of hydrogen-bond donors (Lipinski definition) is 0. The number of carbonyl (C=O) groups excluding carboxylic acids is 3. The highest BCUT2D eigenvalue weighted by atomic mass is 16.6. The Morgan fingerprint density at radius 1 is 1.04 bits per heavy atom. The number of ketones is 1. The van der Waals surface area contributed by atoms with Crippen molar-refractivity contribution < 1.29 is 23.9 Å². The van der Waals surface area contributed by atoms with Crippen molar-refractivity contribution in [1.29, 1.82) is 0 Å². The van der Waals surface area contributed by atoms with Gasteiger partial charge >= 0.3 is 11.9 Å². The second kappa shape index (κ2) is 9.43. The van der Waals surface area contributed by atoms with E-state index in [1.807, 2.05) is 6.07 Å². The van der Waals surface area contributed by atoms with Crippen LogP contribution in [0.2, 0.25) is 0 Å². The standard InChI is InChI=1S/C20H22O5/c1-5-24-18(22)20(14-15(3)4,19(23)25-6-2)17(21)13-12-16-10-8-7-9-11-16/h7-11H,3,5-6,14H2,1-2,4H3. The van der Waals surface area contributed by atoms with Crippen molar-refractivity contribution in [3.63, 3.8) is 0 Å². The summed E-state index contributed by atoms with van der Waals surface area (Å²) in [6.07, 6.45) is -0.215. The Hall–Kier alpha value is -2.87. The van der Waals surface area contributed by atoms with E-state index in [9.17, 15) is 14.4 Å². The molecule has 0 aromatic heterocycles. The predicted molar refractivity (Wildman–Crippen MR) is 93.5 cm³/mol. The summed E-state index contributed by atoms with van der Waals surface area (Å²) in [7, 11) is 0. The second-order valence-corrected chi connectivity index (χ2v) is 5.43. The van der Waals surface area contributed by atoms with Gasteiger partial charge in [0.1, 0.15) is 0 Å².